The van der Waals surface area contributed by atoms with Crippen LogP contribution in [0, 0.1) is 11.7 Å². The Labute approximate surface area is 179 Å². The van der Waals surface area contributed by atoms with E-state index in [1.54, 1.807) is 12.4 Å². The zero-order chi connectivity index (χ0) is 21.6. The molecule has 31 heavy (non-hydrogen) atoms. The third-order valence-electron chi connectivity index (χ3n) is 5.88. The Morgan fingerprint density at radius 3 is 2.87 bits per heavy atom. The van der Waals surface area contributed by atoms with Gasteiger partial charge >= 0.3 is 0 Å². The second kappa shape index (κ2) is 7.58. The second-order valence-electron chi connectivity index (χ2n) is 8.04. The highest BCUT2D eigenvalue weighted by Gasteiger charge is 2.38. The monoisotopic (exact) mass is 439 g/mol. The van der Waals surface area contributed by atoms with Crippen LogP contribution in [-0.4, -0.2) is 45.1 Å². The lowest BCUT2D eigenvalue weighted by Crippen LogP contribution is -2.34. The summed E-state index contributed by atoms with van der Waals surface area (Å²) in [6.07, 6.45) is 6.28. The summed E-state index contributed by atoms with van der Waals surface area (Å²) >= 11 is 0. The maximum absolute atomic E-state index is 13.6. The summed E-state index contributed by atoms with van der Waals surface area (Å²) in [5, 5.41) is 6.76. The molecule has 1 fully saturated rings. The zero-order valence-electron chi connectivity index (χ0n) is 16.9. The molecule has 1 N–H and O–H groups in total. The van der Waals surface area contributed by atoms with Gasteiger partial charge in [-0.05, 0) is 55.7 Å². The van der Waals surface area contributed by atoms with Crippen molar-refractivity contribution >= 4 is 21.1 Å². The van der Waals surface area contributed by atoms with E-state index in [1.165, 1.54) is 22.5 Å². The summed E-state index contributed by atoms with van der Waals surface area (Å²) in [5.74, 6) is -0.395. The molecule has 0 spiro atoms. The van der Waals surface area contributed by atoms with Crippen LogP contribution < -0.4 is 0 Å². The number of aromatic amines is 1. The Bertz CT molecular complexity index is 1330. The summed E-state index contributed by atoms with van der Waals surface area (Å²) in [6, 6.07) is 11.0. The topological polar surface area (TPSA) is 83.9 Å². The minimum Gasteiger partial charge on any atom is -0.346 e. The van der Waals surface area contributed by atoms with Gasteiger partial charge in [-0.2, -0.15) is 9.40 Å². The zero-order valence-corrected chi connectivity index (χ0v) is 17.8. The number of nitrogens with one attached hydrogen (secondary N) is 1. The predicted molar refractivity (Wildman–Crippen MR) is 115 cm³/mol. The van der Waals surface area contributed by atoms with Crippen molar-refractivity contribution in [1.29, 1.82) is 0 Å². The van der Waals surface area contributed by atoms with Gasteiger partial charge in [0.2, 0.25) is 10.0 Å². The highest BCUT2D eigenvalue weighted by atomic mass is 32.2. The maximum Gasteiger partial charge on any atom is 0.243 e. The van der Waals surface area contributed by atoms with E-state index < -0.39 is 15.8 Å². The molecular weight excluding hydrogens is 417 g/mol. The third-order valence-corrected chi connectivity index (χ3v) is 7.86. The first-order valence-corrected chi connectivity index (χ1v) is 11.6. The third kappa shape index (κ3) is 3.64. The van der Waals surface area contributed by atoms with Gasteiger partial charge in [0.25, 0.3) is 0 Å². The van der Waals surface area contributed by atoms with Crippen LogP contribution in [-0.2, 0) is 16.6 Å². The van der Waals surface area contributed by atoms with E-state index in [2.05, 4.69) is 14.8 Å². The van der Waals surface area contributed by atoms with E-state index in [0.29, 0.717) is 13.1 Å². The molecule has 5 rings (SSSR count). The van der Waals surface area contributed by atoms with E-state index in [-0.39, 0.29) is 16.9 Å². The maximum atomic E-state index is 13.6. The fraction of sp³-hybridized carbons (Fsp3) is 0.273. The smallest absolute Gasteiger partial charge is 0.243 e. The van der Waals surface area contributed by atoms with Crippen LogP contribution in [0.3, 0.4) is 0 Å². The van der Waals surface area contributed by atoms with Crippen molar-refractivity contribution in [3.05, 3.63) is 66.9 Å². The van der Waals surface area contributed by atoms with Crippen molar-refractivity contribution in [3.8, 4) is 11.3 Å². The number of pyridine rings is 1. The molecule has 7 nitrogen and oxygen atoms in total. The molecule has 9 heteroatoms. The van der Waals surface area contributed by atoms with Gasteiger partial charge < -0.3 is 4.57 Å². The Morgan fingerprint density at radius 1 is 1.23 bits per heavy atom. The Morgan fingerprint density at radius 2 is 2.10 bits per heavy atom. The van der Waals surface area contributed by atoms with Gasteiger partial charge in [0.1, 0.15) is 5.82 Å². The molecule has 0 saturated carbocycles. The van der Waals surface area contributed by atoms with Crippen LogP contribution >= 0.6 is 0 Å². The summed E-state index contributed by atoms with van der Waals surface area (Å²) in [4.78, 5) is 4.71. The fourth-order valence-electron chi connectivity index (χ4n) is 4.40. The Kier molecular flexibility index (Phi) is 4.86. The second-order valence-corrected chi connectivity index (χ2v) is 9.93. The van der Waals surface area contributed by atoms with Gasteiger partial charge in [-0.1, -0.05) is 6.07 Å². The van der Waals surface area contributed by atoms with Gasteiger partial charge in [-0.15, -0.1) is 0 Å². The molecule has 0 bridgehead atoms. The number of halogens is 1. The average molecular weight is 440 g/mol. The molecule has 1 saturated heterocycles. The number of fused-ring (bicyclic) bond motifs is 1. The van der Waals surface area contributed by atoms with Crippen LogP contribution in [0.2, 0.25) is 0 Å². The molecule has 0 unspecified atom stereocenters. The lowest BCUT2D eigenvalue weighted by Gasteiger charge is -2.21. The number of H-pyrrole nitrogens is 1. The van der Waals surface area contributed by atoms with Gasteiger partial charge in [-0.3, -0.25) is 5.10 Å². The van der Waals surface area contributed by atoms with Crippen molar-refractivity contribution < 1.29 is 12.8 Å². The van der Waals surface area contributed by atoms with Crippen molar-refractivity contribution in [1.82, 2.24) is 24.1 Å². The quantitative estimate of drug-likeness (QED) is 0.514. The largest absolute Gasteiger partial charge is 0.346 e. The lowest BCUT2D eigenvalue weighted by molar-refractivity contribution is 0.399. The number of hydrogen-bond donors (Lipinski definition) is 1. The minimum atomic E-state index is -3.73. The molecule has 0 radical (unpaired) electrons. The molecule has 3 aromatic heterocycles. The number of rotatable bonds is 5. The standard InChI is InChI=1S/C22H22FN5O2S/c1-15-9-16(14-28(15)31(29,30)19-4-2-3-18(23)10-19)13-27-8-7-21-22(27)6-5-20(26-21)17-11-24-25-12-17/h2-8,10-12,15-16H,9,13-14H2,1H3,(H,24,25)/t15-,16+/m0/s1. The molecule has 0 amide bonds. The fourth-order valence-corrected chi connectivity index (χ4v) is 6.15. The van der Waals surface area contributed by atoms with Gasteiger partial charge in [0.15, 0.2) is 0 Å². The van der Waals surface area contributed by atoms with Crippen molar-refractivity contribution in [2.24, 2.45) is 5.92 Å². The number of aromatic nitrogens is 4. The van der Waals surface area contributed by atoms with E-state index in [1.807, 2.05) is 31.3 Å². The van der Waals surface area contributed by atoms with Crippen LogP contribution in [0.1, 0.15) is 13.3 Å². The van der Waals surface area contributed by atoms with E-state index in [4.69, 9.17) is 4.98 Å². The minimum absolute atomic E-state index is 0.00221. The summed E-state index contributed by atoms with van der Waals surface area (Å²) in [6.45, 7) is 3.00. The number of nitrogens with zero attached hydrogens (tertiary/aromatic N) is 4. The lowest BCUT2D eigenvalue weighted by atomic mass is 10.1. The molecule has 1 aromatic carbocycles. The predicted octanol–water partition coefficient (Wildman–Crippen LogP) is 3.66. The van der Waals surface area contributed by atoms with Gasteiger partial charge in [-0.25, -0.2) is 17.8 Å². The van der Waals surface area contributed by atoms with E-state index >= 15 is 0 Å². The number of hydrogen-bond acceptors (Lipinski definition) is 4. The van der Waals surface area contributed by atoms with Crippen LogP contribution in [0.5, 0.6) is 0 Å². The molecule has 2 atom stereocenters. The molecule has 4 aromatic rings. The van der Waals surface area contributed by atoms with Crippen LogP contribution in [0.4, 0.5) is 4.39 Å². The Hall–Kier alpha value is -3.04. The summed E-state index contributed by atoms with van der Waals surface area (Å²) in [7, 11) is -3.73. The first-order chi connectivity index (χ1) is 14.9. The Balaban J connectivity index is 1.36. The molecule has 1 aliphatic rings. The first kappa shape index (κ1) is 19.9. The average Bonchev–Trinajstić information content (AvgIpc) is 3.49. The molecule has 1 aliphatic heterocycles. The van der Waals surface area contributed by atoms with Crippen LogP contribution in [0.15, 0.2) is 66.0 Å². The molecule has 0 aliphatic carbocycles. The van der Waals surface area contributed by atoms with Gasteiger partial charge in [0.05, 0.1) is 27.8 Å². The van der Waals surface area contributed by atoms with Gasteiger partial charge in [0, 0.05) is 37.1 Å². The van der Waals surface area contributed by atoms with Crippen LogP contribution in [0.25, 0.3) is 22.3 Å². The highest BCUT2D eigenvalue weighted by Crippen LogP contribution is 2.31. The molecule has 4 heterocycles. The first-order valence-electron chi connectivity index (χ1n) is 10.1. The van der Waals surface area contributed by atoms with Crippen molar-refractivity contribution in [3.63, 3.8) is 0 Å². The normalized spacial score (nSPS) is 19.9. The van der Waals surface area contributed by atoms with Crippen molar-refractivity contribution in [2.75, 3.05) is 6.54 Å². The number of benzene rings is 1. The SMILES string of the molecule is C[C@H]1C[C@H](Cn2ccc3nc(-c4cn[nH]c4)ccc32)CN1S(=O)(=O)c1cccc(F)c1. The van der Waals surface area contributed by atoms with Crippen molar-refractivity contribution in [2.45, 2.75) is 30.8 Å². The van der Waals surface area contributed by atoms with E-state index in [9.17, 15) is 12.8 Å². The molecular formula is C22H22FN5O2S. The summed E-state index contributed by atoms with van der Waals surface area (Å²) in [5.41, 5.74) is 3.67. The van der Waals surface area contributed by atoms with E-state index in [0.717, 1.165) is 34.8 Å². The highest BCUT2D eigenvalue weighted by molar-refractivity contribution is 7.89. The molecule has 160 valence electrons. The summed E-state index contributed by atoms with van der Waals surface area (Å²) < 4.78 is 43.3. The number of sulfonamides is 1.